The van der Waals surface area contributed by atoms with E-state index in [9.17, 15) is 28.8 Å². The Hall–Kier alpha value is -3.22. The second kappa shape index (κ2) is 12.3. The molecule has 0 aromatic carbocycles. The molecule has 0 aliphatic carbocycles. The molecule has 0 rings (SSSR count). The maximum atomic E-state index is 12.5. The van der Waals surface area contributed by atoms with E-state index >= 15 is 0 Å². The minimum atomic E-state index is -1.39. The smallest absolute Gasteiger partial charge is 0.325 e. The Morgan fingerprint density at radius 3 is 1.66 bits per heavy atom. The molecule has 0 aliphatic heterocycles. The highest BCUT2D eigenvalue weighted by atomic mass is 16.4. The molecule has 0 aromatic rings. The van der Waals surface area contributed by atoms with Crippen LogP contribution in [0.5, 0.6) is 0 Å². The van der Waals surface area contributed by atoms with Crippen LogP contribution in [0.3, 0.4) is 0 Å². The fraction of sp³-hybridized carbons (Fsp3) is 0.625. The zero-order valence-electron chi connectivity index (χ0n) is 16.1. The van der Waals surface area contributed by atoms with Crippen LogP contribution in [0.25, 0.3) is 0 Å². The van der Waals surface area contributed by atoms with Gasteiger partial charge in [0.2, 0.25) is 23.6 Å². The minimum Gasteiger partial charge on any atom is -0.481 e. The first kappa shape index (κ1) is 25.8. The average molecular weight is 417 g/mol. The van der Waals surface area contributed by atoms with Crippen molar-refractivity contribution in [2.75, 3.05) is 0 Å². The molecular formula is C16H27N5O8. The first-order valence-electron chi connectivity index (χ1n) is 8.74. The van der Waals surface area contributed by atoms with Crippen molar-refractivity contribution < 1.29 is 39.0 Å². The highest BCUT2D eigenvalue weighted by Gasteiger charge is 2.29. The van der Waals surface area contributed by atoms with Crippen LogP contribution in [0, 0.1) is 0 Å². The van der Waals surface area contributed by atoms with Crippen LogP contribution < -0.4 is 27.4 Å². The van der Waals surface area contributed by atoms with E-state index in [1.807, 2.05) is 0 Å². The Balaban J connectivity index is 5.36. The summed E-state index contributed by atoms with van der Waals surface area (Å²) in [5.74, 6) is -5.78. The molecule has 4 atom stereocenters. The van der Waals surface area contributed by atoms with E-state index in [1.54, 1.807) is 0 Å². The standard InChI is InChI=1S/C16H27N5O8/c1-7(17)13(25)20-9(3-5-11(18)22)15(27)21-10(4-6-12(23)24)14(26)19-8(2)16(28)29/h7-10H,3-6,17H2,1-2H3,(H2,18,22)(H,19,26)(H,20,25)(H,21,27)(H,23,24)(H,28,29). The molecule has 0 saturated heterocycles. The number of primary amides is 1. The number of carboxylic acid groups (broad SMARTS) is 2. The second-order valence-electron chi connectivity index (χ2n) is 6.42. The van der Waals surface area contributed by atoms with Gasteiger partial charge in [-0.05, 0) is 26.7 Å². The first-order chi connectivity index (χ1) is 13.3. The summed E-state index contributed by atoms with van der Waals surface area (Å²) in [6.45, 7) is 2.56. The predicted molar refractivity (Wildman–Crippen MR) is 98.0 cm³/mol. The predicted octanol–water partition coefficient (Wildman–Crippen LogP) is -2.98. The van der Waals surface area contributed by atoms with Crippen molar-refractivity contribution in [3.8, 4) is 0 Å². The summed E-state index contributed by atoms with van der Waals surface area (Å²) in [7, 11) is 0. The number of amides is 4. The van der Waals surface area contributed by atoms with Crippen LogP contribution in [0.1, 0.15) is 39.5 Å². The molecule has 0 radical (unpaired) electrons. The van der Waals surface area contributed by atoms with Gasteiger partial charge in [-0.15, -0.1) is 0 Å². The molecule has 0 aromatic heterocycles. The highest BCUT2D eigenvalue weighted by Crippen LogP contribution is 2.04. The highest BCUT2D eigenvalue weighted by molar-refractivity contribution is 5.94. The Bertz CT molecular complexity index is 651. The van der Waals surface area contributed by atoms with Gasteiger partial charge >= 0.3 is 11.9 Å². The SMILES string of the molecule is CC(N)C(=O)NC(CCC(N)=O)C(=O)NC(CCC(=O)O)C(=O)NC(C)C(=O)O. The third-order valence-electron chi connectivity index (χ3n) is 3.74. The summed E-state index contributed by atoms with van der Waals surface area (Å²) in [5, 5.41) is 24.4. The van der Waals surface area contributed by atoms with E-state index in [2.05, 4.69) is 16.0 Å². The van der Waals surface area contributed by atoms with Crippen LogP contribution in [0.15, 0.2) is 0 Å². The molecule has 4 amide bonds. The van der Waals surface area contributed by atoms with Gasteiger partial charge in [-0.1, -0.05) is 0 Å². The van der Waals surface area contributed by atoms with Crippen molar-refractivity contribution in [2.24, 2.45) is 11.5 Å². The van der Waals surface area contributed by atoms with Gasteiger partial charge in [0, 0.05) is 12.8 Å². The number of rotatable bonds is 13. The summed E-state index contributed by atoms with van der Waals surface area (Å²) in [4.78, 5) is 69.3. The number of aliphatic carboxylic acids is 2. The number of hydrogen-bond acceptors (Lipinski definition) is 7. The van der Waals surface area contributed by atoms with E-state index in [0.717, 1.165) is 0 Å². The molecular weight excluding hydrogens is 390 g/mol. The maximum absolute atomic E-state index is 12.5. The van der Waals surface area contributed by atoms with Crippen molar-refractivity contribution in [3.05, 3.63) is 0 Å². The number of nitrogens with one attached hydrogen (secondary N) is 3. The molecule has 0 bridgehead atoms. The fourth-order valence-corrected chi connectivity index (χ4v) is 2.04. The van der Waals surface area contributed by atoms with E-state index in [-0.39, 0.29) is 19.3 Å². The monoisotopic (exact) mass is 417 g/mol. The van der Waals surface area contributed by atoms with Crippen LogP contribution in [-0.2, 0) is 28.8 Å². The van der Waals surface area contributed by atoms with Crippen molar-refractivity contribution >= 4 is 35.6 Å². The molecule has 0 saturated carbocycles. The van der Waals surface area contributed by atoms with Crippen LogP contribution >= 0.6 is 0 Å². The Labute approximate surface area is 166 Å². The lowest BCUT2D eigenvalue weighted by molar-refractivity contribution is -0.142. The maximum Gasteiger partial charge on any atom is 0.325 e. The molecule has 0 spiro atoms. The molecule has 13 heteroatoms. The van der Waals surface area contributed by atoms with Gasteiger partial charge in [0.05, 0.1) is 6.04 Å². The number of carbonyl (C=O) groups is 6. The summed E-state index contributed by atoms with van der Waals surface area (Å²) in [6, 6.07) is -4.89. The Morgan fingerprint density at radius 1 is 0.793 bits per heavy atom. The largest absolute Gasteiger partial charge is 0.481 e. The number of carboxylic acids is 2. The molecule has 0 aliphatic rings. The Morgan fingerprint density at radius 2 is 1.24 bits per heavy atom. The molecule has 29 heavy (non-hydrogen) atoms. The minimum absolute atomic E-state index is 0.182. The normalized spacial score (nSPS) is 14.6. The molecule has 0 fully saturated rings. The summed E-state index contributed by atoms with van der Waals surface area (Å²) in [6.07, 6.45) is -1.25. The summed E-state index contributed by atoms with van der Waals surface area (Å²) in [5.41, 5.74) is 10.5. The first-order valence-corrected chi connectivity index (χ1v) is 8.74. The Kier molecular flexibility index (Phi) is 10.9. The lowest BCUT2D eigenvalue weighted by atomic mass is 10.1. The molecule has 4 unspecified atom stereocenters. The lowest BCUT2D eigenvalue weighted by Crippen LogP contribution is -2.56. The van der Waals surface area contributed by atoms with E-state index in [0.29, 0.717) is 0 Å². The van der Waals surface area contributed by atoms with E-state index in [4.69, 9.17) is 21.7 Å². The lowest BCUT2D eigenvalue weighted by Gasteiger charge is -2.24. The van der Waals surface area contributed by atoms with Gasteiger partial charge < -0.3 is 37.6 Å². The van der Waals surface area contributed by atoms with Crippen LogP contribution in [0.4, 0.5) is 0 Å². The average Bonchev–Trinajstić information content (AvgIpc) is 2.60. The summed E-state index contributed by atoms with van der Waals surface area (Å²) >= 11 is 0. The molecule has 164 valence electrons. The molecule has 0 heterocycles. The zero-order chi connectivity index (χ0) is 22.7. The van der Waals surface area contributed by atoms with Crippen LogP contribution in [0.2, 0.25) is 0 Å². The van der Waals surface area contributed by atoms with Gasteiger partial charge in [0.25, 0.3) is 0 Å². The van der Waals surface area contributed by atoms with Gasteiger partial charge in [0.1, 0.15) is 18.1 Å². The van der Waals surface area contributed by atoms with Gasteiger partial charge in [-0.25, -0.2) is 0 Å². The molecule has 13 nitrogen and oxygen atoms in total. The van der Waals surface area contributed by atoms with Crippen molar-refractivity contribution in [1.29, 1.82) is 0 Å². The fourth-order valence-electron chi connectivity index (χ4n) is 2.04. The number of nitrogens with two attached hydrogens (primary N) is 2. The quantitative estimate of drug-likeness (QED) is 0.162. The topological polar surface area (TPSA) is 231 Å². The van der Waals surface area contributed by atoms with Crippen molar-refractivity contribution in [3.63, 3.8) is 0 Å². The van der Waals surface area contributed by atoms with Gasteiger partial charge in [0.15, 0.2) is 0 Å². The van der Waals surface area contributed by atoms with Gasteiger partial charge in [-0.2, -0.15) is 0 Å². The zero-order valence-corrected chi connectivity index (χ0v) is 16.1. The third-order valence-corrected chi connectivity index (χ3v) is 3.74. The van der Waals surface area contributed by atoms with Crippen molar-refractivity contribution in [1.82, 2.24) is 16.0 Å². The van der Waals surface area contributed by atoms with Crippen LogP contribution in [-0.4, -0.2) is 69.9 Å². The summed E-state index contributed by atoms with van der Waals surface area (Å²) < 4.78 is 0. The molecule has 9 N–H and O–H groups in total. The second-order valence-corrected chi connectivity index (χ2v) is 6.42. The van der Waals surface area contributed by atoms with E-state index in [1.165, 1.54) is 13.8 Å². The number of hydrogen-bond donors (Lipinski definition) is 7. The van der Waals surface area contributed by atoms with Crippen molar-refractivity contribution in [2.45, 2.75) is 63.7 Å². The third kappa shape index (κ3) is 10.6. The van der Waals surface area contributed by atoms with E-state index < -0.39 is 66.2 Å². The number of carbonyl (C=O) groups excluding carboxylic acids is 4. The van der Waals surface area contributed by atoms with Gasteiger partial charge in [-0.3, -0.25) is 28.8 Å².